The zero-order chi connectivity index (χ0) is 20.5. The van der Waals surface area contributed by atoms with Gasteiger partial charge in [-0.3, -0.25) is 10.3 Å². The van der Waals surface area contributed by atoms with Crippen LogP contribution < -0.4 is 5.32 Å². The van der Waals surface area contributed by atoms with E-state index in [0.29, 0.717) is 10.9 Å². The minimum absolute atomic E-state index is 0.159. The van der Waals surface area contributed by atoms with Crippen LogP contribution >= 0.6 is 47.8 Å². The Hall–Kier alpha value is -1.54. The van der Waals surface area contributed by atoms with Gasteiger partial charge in [-0.2, -0.15) is 0 Å². The van der Waals surface area contributed by atoms with Gasteiger partial charge in [-0.1, -0.05) is 50.1 Å². The summed E-state index contributed by atoms with van der Waals surface area (Å²) in [6, 6.07) is 18.1. The SMILES string of the molecule is Oc1ccc(Br)cc1[C@H]1CC(c2cccc(Br)c2)=N[C@@H](c2ccc(F)c(Br)c2)N1. The minimum atomic E-state index is -0.377. The number of hydrogen-bond donors (Lipinski definition) is 2. The van der Waals surface area contributed by atoms with Crippen LogP contribution in [0.4, 0.5) is 4.39 Å². The number of benzene rings is 3. The number of hydrogen-bond acceptors (Lipinski definition) is 3. The van der Waals surface area contributed by atoms with E-state index in [1.165, 1.54) is 6.07 Å². The standard InChI is InChI=1S/C22H16Br3FN2O/c23-14-3-1-2-12(8-14)19-11-20(16-10-15(24)5-7-21(16)29)28-22(27-19)13-4-6-18(26)17(25)9-13/h1-10,20,22,28-29H,11H2/t20-,22-/m1/s1. The van der Waals surface area contributed by atoms with Gasteiger partial charge in [-0.05, 0) is 69.5 Å². The Kier molecular flexibility index (Phi) is 6.20. The Morgan fingerprint density at radius 3 is 2.52 bits per heavy atom. The van der Waals surface area contributed by atoms with E-state index in [1.807, 2.05) is 30.3 Å². The van der Waals surface area contributed by atoms with Gasteiger partial charge in [0.1, 0.15) is 17.7 Å². The third kappa shape index (κ3) is 4.63. The van der Waals surface area contributed by atoms with Gasteiger partial charge in [-0.25, -0.2) is 4.39 Å². The predicted octanol–water partition coefficient (Wildman–Crippen LogP) is 7.04. The lowest BCUT2D eigenvalue weighted by Gasteiger charge is -2.31. The first kappa shape index (κ1) is 20.7. The van der Waals surface area contributed by atoms with Crippen LogP contribution in [0, 0.1) is 5.82 Å². The molecule has 2 atom stereocenters. The van der Waals surface area contributed by atoms with Crippen molar-refractivity contribution >= 4 is 53.5 Å². The molecule has 0 fully saturated rings. The normalized spacial score (nSPS) is 19.1. The molecule has 0 aromatic heterocycles. The molecule has 0 saturated carbocycles. The number of rotatable bonds is 3. The van der Waals surface area contributed by atoms with Crippen molar-refractivity contribution in [3.05, 3.63) is 96.6 Å². The van der Waals surface area contributed by atoms with Gasteiger partial charge >= 0.3 is 0 Å². The van der Waals surface area contributed by atoms with Crippen LogP contribution in [0.2, 0.25) is 0 Å². The fourth-order valence-electron chi connectivity index (χ4n) is 3.41. The summed E-state index contributed by atoms with van der Waals surface area (Å²) in [5.41, 5.74) is 3.55. The second kappa shape index (κ2) is 8.68. The third-order valence-corrected chi connectivity index (χ3v) is 6.42. The summed E-state index contributed by atoms with van der Waals surface area (Å²) in [6.45, 7) is 0. The van der Waals surface area contributed by atoms with Crippen LogP contribution in [0.25, 0.3) is 0 Å². The molecule has 148 valence electrons. The Morgan fingerprint density at radius 2 is 1.76 bits per heavy atom. The van der Waals surface area contributed by atoms with Crippen molar-refractivity contribution in [2.24, 2.45) is 4.99 Å². The number of aromatic hydroxyl groups is 1. The lowest BCUT2D eigenvalue weighted by molar-refractivity contribution is 0.412. The fraction of sp³-hybridized carbons (Fsp3) is 0.136. The molecular weight excluding hydrogens is 567 g/mol. The van der Waals surface area contributed by atoms with Crippen LogP contribution in [-0.4, -0.2) is 10.8 Å². The molecule has 4 rings (SSSR count). The largest absolute Gasteiger partial charge is 0.508 e. The van der Waals surface area contributed by atoms with Gasteiger partial charge in [0.25, 0.3) is 0 Å². The number of nitrogens with zero attached hydrogens (tertiary/aromatic N) is 1. The monoisotopic (exact) mass is 580 g/mol. The summed E-state index contributed by atoms with van der Waals surface area (Å²) in [5.74, 6) is -0.0952. The molecule has 0 bridgehead atoms. The van der Waals surface area contributed by atoms with Gasteiger partial charge in [0.15, 0.2) is 0 Å². The van der Waals surface area contributed by atoms with E-state index in [2.05, 4.69) is 53.1 Å². The maximum absolute atomic E-state index is 13.7. The van der Waals surface area contributed by atoms with E-state index >= 15 is 0 Å². The molecule has 0 spiro atoms. The summed E-state index contributed by atoms with van der Waals surface area (Å²) in [7, 11) is 0. The molecule has 3 aromatic rings. The molecule has 0 amide bonds. The molecule has 3 nitrogen and oxygen atoms in total. The van der Waals surface area contributed by atoms with Gasteiger partial charge < -0.3 is 5.11 Å². The predicted molar refractivity (Wildman–Crippen MR) is 124 cm³/mol. The third-order valence-electron chi connectivity index (χ3n) is 4.82. The second-order valence-electron chi connectivity index (χ2n) is 6.79. The first-order valence-corrected chi connectivity index (χ1v) is 11.3. The molecule has 1 aliphatic heterocycles. The molecule has 0 saturated heterocycles. The quantitative estimate of drug-likeness (QED) is 0.348. The van der Waals surface area contributed by atoms with Crippen molar-refractivity contribution < 1.29 is 9.50 Å². The second-order valence-corrected chi connectivity index (χ2v) is 9.47. The molecule has 29 heavy (non-hydrogen) atoms. The van der Waals surface area contributed by atoms with Crippen LogP contribution in [0.15, 0.2) is 79.1 Å². The van der Waals surface area contributed by atoms with Crippen LogP contribution in [0.1, 0.15) is 35.3 Å². The number of phenolic OH excluding ortho intramolecular Hbond substituents is 1. The van der Waals surface area contributed by atoms with E-state index in [1.54, 1.807) is 24.3 Å². The lowest BCUT2D eigenvalue weighted by atomic mass is 9.93. The Morgan fingerprint density at radius 1 is 0.966 bits per heavy atom. The average molecular weight is 583 g/mol. The maximum atomic E-state index is 13.7. The zero-order valence-electron chi connectivity index (χ0n) is 15.0. The Labute approximate surface area is 193 Å². The molecule has 0 unspecified atom stereocenters. The summed E-state index contributed by atoms with van der Waals surface area (Å²) in [6.07, 6.45) is 0.234. The van der Waals surface area contributed by atoms with Crippen molar-refractivity contribution in [2.75, 3.05) is 0 Å². The molecule has 3 aromatic carbocycles. The first-order valence-electron chi connectivity index (χ1n) is 8.93. The lowest BCUT2D eigenvalue weighted by Crippen LogP contribution is -2.33. The molecule has 0 radical (unpaired) electrons. The van der Waals surface area contributed by atoms with E-state index in [4.69, 9.17) is 4.99 Å². The highest BCUT2D eigenvalue weighted by atomic mass is 79.9. The van der Waals surface area contributed by atoms with Gasteiger partial charge in [0.05, 0.1) is 4.47 Å². The van der Waals surface area contributed by atoms with Crippen molar-refractivity contribution in [3.63, 3.8) is 0 Å². The van der Waals surface area contributed by atoms with Crippen molar-refractivity contribution in [3.8, 4) is 5.75 Å². The van der Waals surface area contributed by atoms with E-state index in [0.717, 1.165) is 31.3 Å². The minimum Gasteiger partial charge on any atom is -0.508 e. The van der Waals surface area contributed by atoms with Gasteiger partial charge in [0.2, 0.25) is 0 Å². The van der Waals surface area contributed by atoms with Crippen molar-refractivity contribution in [2.45, 2.75) is 18.6 Å². The number of phenols is 1. The van der Waals surface area contributed by atoms with E-state index in [9.17, 15) is 9.50 Å². The topological polar surface area (TPSA) is 44.6 Å². The molecule has 1 heterocycles. The number of nitrogens with one attached hydrogen (secondary N) is 1. The summed E-state index contributed by atoms with van der Waals surface area (Å²) < 4.78 is 16.0. The molecule has 1 aliphatic rings. The molecular formula is C22H16Br3FN2O. The van der Waals surface area contributed by atoms with Gasteiger partial charge in [0, 0.05) is 32.7 Å². The number of aliphatic imine (C=N–C) groups is 1. The van der Waals surface area contributed by atoms with E-state index in [-0.39, 0.29) is 23.8 Å². The Bertz CT molecular complexity index is 1100. The zero-order valence-corrected chi connectivity index (χ0v) is 19.8. The molecule has 7 heteroatoms. The van der Waals surface area contributed by atoms with Gasteiger partial charge in [-0.15, -0.1) is 0 Å². The van der Waals surface area contributed by atoms with Crippen molar-refractivity contribution in [1.29, 1.82) is 0 Å². The highest BCUT2D eigenvalue weighted by Crippen LogP contribution is 2.36. The highest BCUT2D eigenvalue weighted by molar-refractivity contribution is 9.11. The summed E-state index contributed by atoms with van der Waals surface area (Å²) in [5, 5.41) is 14.0. The van der Waals surface area contributed by atoms with Crippen LogP contribution in [0.5, 0.6) is 5.75 Å². The Balaban J connectivity index is 1.79. The smallest absolute Gasteiger partial charge is 0.137 e. The first-order chi connectivity index (χ1) is 13.9. The number of halogens is 4. The average Bonchev–Trinajstić information content (AvgIpc) is 2.71. The fourth-order valence-corrected chi connectivity index (χ4v) is 4.58. The van der Waals surface area contributed by atoms with Crippen LogP contribution in [0.3, 0.4) is 0 Å². The summed E-state index contributed by atoms with van der Waals surface area (Å²) >= 11 is 10.3. The molecule has 0 aliphatic carbocycles. The van der Waals surface area contributed by atoms with Crippen molar-refractivity contribution in [1.82, 2.24) is 5.32 Å². The van der Waals surface area contributed by atoms with Crippen LogP contribution in [-0.2, 0) is 0 Å². The summed E-state index contributed by atoms with van der Waals surface area (Å²) in [4.78, 5) is 4.91. The highest BCUT2D eigenvalue weighted by Gasteiger charge is 2.28. The molecule has 2 N–H and O–H groups in total. The maximum Gasteiger partial charge on any atom is 0.137 e. The van der Waals surface area contributed by atoms with E-state index < -0.39 is 0 Å².